The number of hydrogen-bond acceptors (Lipinski definition) is 5. The molecule has 0 radical (unpaired) electrons. The molecule has 1 amide bonds. The molecule has 2 unspecified atom stereocenters. The normalized spacial score (nSPS) is 20.3. The van der Waals surface area contributed by atoms with Gasteiger partial charge in [-0.05, 0) is 54.7 Å². The Kier molecular flexibility index (Phi) is 6.97. The van der Waals surface area contributed by atoms with E-state index in [0.29, 0.717) is 44.0 Å². The Balaban J connectivity index is 1.59. The van der Waals surface area contributed by atoms with Gasteiger partial charge in [-0.25, -0.2) is 8.42 Å². The monoisotopic (exact) mass is 420 g/mol. The van der Waals surface area contributed by atoms with Gasteiger partial charge in [-0.3, -0.25) is 4.79 Å². The maximum absolute atomic E-state index is 13.0. The van der Waals surface area contributed by atoms with Crippen LogP contribution in [0.1, 0.15) is 31.9 Å². The smallest absolute Gasteiger partial charge is 0.243 e. The van der Waals surface area contributed by atoms with Crippen molar-refractivity contribution >= 4 is 15.9 Å². The van der Waals surface area contributed by atoms with E-state index < -0.39 is 10.0 Å². The second kappa shape index (κ2) is 9.45. The molecule has 1 aliphatic heterocycles. The minimum atomic E-state index is -3.56. The first kappa shape index (κ1) is 21.4. The summed E-state index contributed by atoms with van der Waals surface area (Å²) in [6, 6.07) is 10.1. The van der Waals surface area contributed by atoms with E-state index >= 15 is 0 Å². The molecule has 1 fully saturated rings. The summed E-state index contributed by atoms with van der Waals surface area (Å²) in [5.74, 6) is 1.61. The van der Waals surface area contributed by atoms with Crippen molar-refractivity contribution in [3.05, 3.63) is 48.4 Å². The Labute approximate surface area is 172 Å². The third kappa shape index (κ3) is 5.19. The average Bonchev–Trinajstić information content (AvgIpc) is 3.26. The van der Waals surface area contributed by atoms with Crippen molar-refractivity contribution in [3.63, 3.8) is 0 Å². The van der Waals surface area contributed by atoms with E-state index in [9.17, 15) is 13.2 Å². The number of sulfonamides is 1. The summed E-state index contributed by atoms with van der Waals surface area (Å²) in [4.78, 5) is 12.6. The fourth-order valence-corrected chi connectivity index (χ4v) is 5.31. The summed E-state index contributed by atoms with van der Waals surface area (Å²) in [5, 5.41) is 2.88. The third-order valence-corrected chi connectivity index (χ3v) is 7.44. The van der Waals surface area contributed by atoms with Crippen molar-refractivity contribution < 1.29 is 22.4 Å². The topological polar surface area (TPSA) is 88.8 Å². The molecular formula is C21H28N2O5S. The molecule has 29 heavy (non-hydrogen) atoms. The fraction of sp³-hybridized carbons (Fsp3) is 0.476. The number of hydrogen-bond donors (Lipinski definition) is 1. The lowest BCUT2D eigenvalue weighted by atomic mass is 9.82. The number of nitrogens with zero attached hydrogens (tertiary/aromatic N) is 1. The lowest BCUT2D eigenvalue weighted by Gasteiger charge is -2.37. The molecule has 0 saturated carbocycles. The summed E-state index contributed by atoms with van der Waals surface area (Å²) >= 11 is 0. The van der Waals surface area contributed by atoms with Gasteiger partial charge in [0.15, 0.2) is 0 Å². The highest BCUT2D eigenvalue weighted by molar-refractivity contribution is 7.89. The molecule has 1 aliphatic rings. The SMILES string of the molecule is CCC1CN(S(=O)(=O)c2ccc(OC)cc2)CCC1CC(=O)NCc1ccco1. The summed E-state index contributed by atoms with van der Waals surface area (Å²) in [5.41, 5.74) is 0. The molecule has 0 spiro atoms. The van der Waals surface area contributed by atoms with Crippen LogP contribution < -0.4 is 10.1 Å². The highest BCUT2D eigenvalue weighted by atomic mass is 32.2. The molecule has 0 aliphatic carbocycles. The predicted molar refractivity (Wildman–Crippen MR) is 109 cm³/mol. The standard InChI is InChI=1S/C21H28N2O5S/c1-3-16-15-23(29(25,26)20-8-6-18(27-2)7-9-20)11-10-17(16)13-21(24)22-14-19-5-4-12-28-19/h4-9,12,16-17H,3,10-11,13-15H2,1-2H3,(H,22,24). The van der Waals surface area contributed by atoms with Gasteiger partial charge in [0.2, 0.25) is 15.9 Å². The zero-order valence-corrected chi connectivity index (χ0v) is 17.7. The minimum absolute atomic E-state index is 0.0312. The minimum Gasteiger partial charge on any atom is -0.497 e. The molecule has 1 N–H and O–H groups in total. The number of furan rings is 1. The summed E-state index contributed by atoms with van der Waals surface area (Å²) in [6.07, 6.45) is 3.47. The zero-order valence-electron chi connectivity index (χ0n) is 16.8. The molecule has 3 rings (SSSR count). The van der Waals surface area contributed by atoms with Gasteiger partial charge in [0.1, 0.15) is 11.5 Å². The van der Waals surface area contributed by atoms with E-state index in [2.05, 4.69) is 5.32 Å². The van der Waals surface area contributed by atoms with Crippen molar-refractivity contribution in [2.45, 2.75) is 37.6 Å². The van der Waals surface area contributed by atoms with Crippen molar-refractivity contribution in [3.8, 4) is 5.75 Å². The molecule has 1 aromatic carbocycles. The summed E-state index contributed by atoms with van der Waals surface area (Å²) in [6.45, 7) is 3.26. The summed E-state index contributed by atoms with van der Waals surface area (Å²) in [7, 11) is -2.01. The van der Waals surface area contributed by atoms with Crippen LogP contribution in [0.5, 0.6) is 5.75 Å². The van der Waals surface area contributed by atoms with Gasteiger partial charge >= 0.3 is 0 Å². The number of amides is 1. The van der Waals surface area contributed by atoms with Crippen LogP contribution in [0.15, 0.2) is 52.0 Å². The number of rotatable bonds is 8. The van der Waals surface area contributed by atoms with Gasteiger partial charge < -0.3 is 14.5 Å². The third-order valence-electron chi connectivity index (χ3n) is 5.56. The van der Waals surface area contributed by atoms with Gasteiger partial charge in [0.05, 0.1) is 24.8 Å². The number of ether oxygens (including phenoxy) is 1. The molecule has 2 aromatic rings. The van der Waals surface area contributed by atoms with E-state index in [1.165, 1.54) is 0 Å². The van der Waals surface area contributed by atoms with Crippen molar-refractivity contribution in [2.24, 2.45) is 11.8 Å². The summed E-state index contributed by atoms with van der Waals surface area (Å²) < 4.78 is 37.9. The molecular weight excluding hydrogens is 392 g/mol. The molecule has 158 valence electrons. The van der Waals surface area contributed by atoms with Crippen LogP contribution in [0.3, 0.4) is 0 Å². The number of methoxy groups -OCH3 is 1. The van der Waals surface area contributed by atoms with Crippen LogP contribution in [0.25, 0.3) is 0 Å². The van der Waals surface area contributed by atoms with Crippen LogP contribution in [0, 0.1) is 11.8 Å². The van der Waals surface area contributed by atoms with E-state index in [4.69, 9.17) is 9.15 Å². The van der Waals surface area contributed by atoms with Crippen LogP contribution in [-0.2, 0) is 21.4 Å². The maximum Gasteiger partial charge on any atom is 0.243 e. The van der Waals surface area contributed by atoms with Crippen molar-refractivity contribution in [2.75, 3.05) is 20.2 Å². The van der Waals surface area contributed by atoms with Crippen LogP contribution in [0.4, 0.5) is 0 Å². The molecule has 2 heterocycles. The van der Waals surface area contributed by atoms with E-state index in [-0.39, 0.29) is 22.6 Å². The quantitative estimate of drug-likeness (QED) is 0.709. The van der Waals surface area contributed by atoms with E-state index in [0.717, 1.165) is 6.42 Å². The first-order valence-electron chi connectivity index (χ1n) is 9.87. The Morgan fingerprint density at radius 2 is 2.00 bits per heavy atom. The van der Waals surface area contributed by atoms with E-state index in [1.54, 1.807) is 48.0 Å². The first-order valence-corrected chi connectivity index (χ1v) is 11.3. The van der Waals surface area contributed by atoms with Gasteiger partial charge in [-0.15, -0.1) is 0 Å². The van der Waals surface area contributed by atoms with Gasteiger partial charge in [0.25, 0.3) is 0 Å². The van der Waals surface area contributed by atoms with Crippen LogP contribution in [0.2, 0.25) is 0 Å². The van der Waals surface area contributed by atoms with Crippen molar-refractivity contribution in [1.82, 2.24) is 9.62 Å². The van der Waals surface area contributed by atoms with Gasteiger partial charge in [-0.2, -0.15) is 4.31 Å². The Hall–Kier alpha value is -2.32. The highest BCUT2D eigenvalue weighted by Gasteiger charge is 2.35. The second-order valence-electron chi connectivity index (χ2n) is 7.32. The van der Waals surface area contributed by atoms with Gasteiger partial charge in [0, 0.05) is 19.5 Å². The molecule has 2 atom stereocenters. The molecule has 1 aromatic heterocycles. The lowest BCUT2D eigenvalue weighted by molar-refractivity contribution is -0.123. The fourth-order valence-electron chi connectivity index (χ4n) is 3.80. The van der Waals surface area contributed by atoms with E-state index in [1.807, 2.05) is 13.0 Å². The van der Waals surface area contributed by atoms with Crippen molar-refractivity contribution in [1.29, 1.82) is 0 Å². The van der Waals surface area contributed by atoms with Crippen LogP contribution in [-0.4, -0.2) is 38.8 Å². The molecule has 7 nitrogen and oxygen atoms in total. The lowest BCUT2D eigenvalue weighted by Crippen LogP contribution is -2.44. The number of carbonyl (C=O) groups is 1. The van der Waals surface area contributed by atoms with Gasteiger partial charge in [-0.1, -0.05) is 13.3 Å². The molecule has 8 heteroatoms. The predicted octanol–water partition coefficient (Wildman–Crippen LogP) is 3.03. The zero-order chi connectivity index (χ0) is 20.9. The number of benzene rings is 1. The number of carbonyl (C=O) groups excluding carboxylic acids is 1. The first-order chi connectivity index (χ1) is 13.9. The average molecular weight is 421 g/mol. The number of nitrogens with one attached hydrogen (secondary N) is 1. The largest absolute Gasteiger partial charge is 0.497 e. The Morgan fingerprint density at radius 1 is 1.24 bits per heavy atom. The Morgan fingerprint density at radius 3 is 2.62 bits per heavy atom. The maximum atomic E-state index is 13.0. The highest BCUT2D eigenvalue weighted by Crippen LogP contribution is 2.32. The van der Waals surface area contributed by atoms with Crippen LogP contribution >= 0.6 is 0 Å². The molecule has 0 bridgehead atoms. The Bertz CT molecular complexity index is 894. The second-order valence-corrected chi connectivity index (χ2v) is 9.25. The number of piperidine rings is 1. The molecule has 1 saturated heterocycles.